The van der Waals surface area contributed by atoms with Crippen LogP contribution in [0.15, 0.2) is 36.0 Å². The quantitative estimate of drug-likeness (QED) is 0.568. The molecular weight excluding hydrogens is 306 g/mol. The smallest absolute Gasteiger partial charge is 0.185 e. The lowest BCUT2D eigenvalue weighted by Gasteiger charge is -2.59. The van der Waals surface area contributed by atoms with E-state index >= 15 is 0 Å². The zero-order chi connectivity index (χ0) is 18.1. The fourth-order valence-electron chi connectivity index (χ4n) is 7.19. The van der Waals surface area contributed by atoms with Crippen LogP contribution in [0.4, 0.5) is 0 Å². The molecule has 7 atom stereocenters. The van der Waals surface area contributed by atoms with Crippen LogP contribution in [-0.4, -0.2) is 5.78 Å². The Morgan fingerprint density at radius 1 is 1.20 bits per heavy atom. The standard InChI is InChI=1S/C23H29NO/c1-13-10-17-18-7-6-16(12-24)22(18,4)9-8-19(17)23(5)15(3)14(2)21(25)11-20(13)23/h11,13,16-19H,2-3,6-10H2,1,4-5H3/t13-,16+,17-,18-,19-,22+,23+/m0/s1. The number of hydrogen-bond acceptors (Lipinski definition) is 2. The summed E-state index contributed by atoms with van der Waals surface area (Å²) in [4.78, 5) is 12.3. The van der Waals surface area contributed by atoms with Gasteiger partial charge >= 0.3 is 0 Å². The number of hydrogen-bond donors (Lipinski definition) is 0. The van der Waals surface area contributed by atoms with Crippen LogP contribution in [0.25, 0.3) is 0 Å². The predicted molar refractivity (Wildman–Crippen MR) is 99.4 cm³/mol. The third-order valence-electron chi connectivity index (χ3n) is 8.67. The van der Waals surface area contributed by atoms with Gasteiger partial charge in [0.25, 0.3) is 0 Å². The van der Waals surface area contributed by atoms with E-state index in [1.165, 1.54) is 12.0 Å². The van der Waals surface area contributed by atoms with Gasteiger partial charge in [-0.25, -0.2) is 0 Å². The minimum atomic E-state index is -0.126. The van der Waals surface area contributed by atoms with Crippen molar-refractivity contribution in [3.8, 4) is 6.07 Å². The van der Waals surface area contributed by atoms with E-state index in [-0.39, 0.29) is 22.5 Å². The molecule has 25 heavy (non-hydrogen) atoms. The average Bonchev–Trinajstić information content (AvgIpc) is 2.92. The molecule has 3 saturated carbocycles. The van der Waals surface area contributed by atoms with Gasteiger partial charge in [-0.1, -0.05) is 39.5 Å². The van der Waals surface area contributed by atoms with Crippen molar-refractivity contribution in [2.75, 3.05) is 0 Å². The van der Waals surface area contributed by atoms with Gasteiger partial charge in [0.1, 0.15) is 0 Å². The van der Waals surface area contributed by atoms with Crippen LogP contribution in [0.2, 0.25) is 0 Å². The van der Waals surface area contributed by atoms with E-state index in [1.54, 1.807) is 0 Å². The van der Waals surface area contributed by atoms with E-state index in [0.717, 1.165) is 31.3 Å². The van der Waals surface area contributed by atoms with Crippen LogP contribution >= 0.6 is 0 Å². The van der Waals surface area contributed by atoms with E-state index < -0.39 is 0 Å². The van der Waals surface area contributed by atoms with Crippen molar-refractivity contribution in [2.45, 2.75) is 52.9 Å². The van der Waals surface area contributed by atoms with Crippen molar-refractivity contribution in [1.82, 2.24) is 0 Å². The van der Waals surface area contributed by atoms with Gasteiger partial charge in [0.2, 0.25) is 0 Å². The van der Waals surface area contributed by atoms with Gasteiger partial charge < -0.3 is 0 Å². The van der Waals surface area contributed by atoms with E-state index in [9.17, 15) is 10.1 Å². The minimum absolute atomic E-state index is 0.0498. The first kappa shape index (κ1) is 16.8. The minimum Gasteiger partial charge on any atom is -0.289 e. The van der Waals surface area contributed by atoms with Crippen molar-refractivity contribution in [3.63, 3.8) is 0 Å². The number of ketones is 1. The van der Waals surface area contributed by atoms with Crippen LogP contribution in [0.3, 0.4) is 0 Å². The summed E-state index contributed by atoms with van der Waals surface area (Å²) >= 11 is 0. The van der Waals surface area contributed by atoms with Gasteiger partial charge in [-0.3, -0.25) is 4.79 Å². The lowest BCUT2D eigenvalue weighted by atomic mass is 9.44. The Labute approximate surface area is 151 Å². The highest BCUT2D eigenvalue weighted by Crippen LogP contribution is 2.68. The highest BCUT2D eigenvalue weighted by molar-refractivity contribution is 6.09. The molecule has 0 unspecified atom stereocenters. The second-order valence-electron chi connectivity index (χ2n) is 9.44. The number of fused-ring (bicyclic) bond motifs is 5. The molecule has 0 saturated heterocycles. The molecule has 2 heteroatoms. The molecule has 0 heterocycles. The van der Waals surface area contributed by atoms with Crippen molar-refractivity contribution in [1.29, 1.82) is 5.26 Å². The monoisotopic (exact) mass is 335 g/mol. The van der Waals surface area contributed by atoms with E-state index in [0.29, 0.717) is 29.2 Å². The highest BCUT2D eigenvalue weighted by Gasteiger charge is 2.61. The van der Waals surface area contributed by atoms with Crippen LogP contribution in [0, 0.1) is 51.8 Å². The second kappa shape index (κ2) is 5.19. The molecule has 0 N–H and O–H groups in total. The molecule has 3 fully saturated rings. The molecular formula is C23H29NO. The lowest BCUT2D eigenvalue weighted by Crippen LogP contribution is -2.53. The molecule has 0 bridgehead atoms. The maximum Gasteiger partial charge on any atom is 0.185 e. The molecule has 0 aromatic rings. The van der Waals surface area contributed by atoms with Crippen LogP contribution in [0.5, 0.6) is 0 Å². The van der Waals surface area contributed by atoms with Crippen LogP contribution in [0.1, 0.15) is 52.9 Å². The van der Waals surface area contributed by atoms with Gasteiger partial charge in [0.05, 0.1) is 12.0 Å². The van der Waals surface area contributed by atoms with E-state index in [2.05, 4.69) is 40.0 Å². The summed E-state index contributed by atoms with van der Waals surface area (Å²) < 4.78 is 0. The Kier molecular flexibility index (Phi) is 3.50. The average molecular weight is 335 g/mol. The van der Waals surface area contributed by atoms with Crippen molar-refractivity contribution >= 4 is 5.78 Å². The zero-order valence-electron chi connectivity index (χ0n) is 15.8. The molecule has 132 valence electrons. The third-order valence-corrected chi connectivity index (χ3v) is 8.67. The predicted octanol–water partition coefficient (Wildman–Crippen LogP) is 5.24. The second-order valence-corrected chi connectivity index (χ2v) is 9.44. The number of nitrogens with zero attached hydrogens (tertiary/aromatic N) is 1. The Morgan fingerprint density at radius 3 is 2.60 bits per heavy atom. The Bertz CT molecular complexity index is 753. The summed E-state index contributed by atoms with van der Waals surface area (Å²) in [6, 6.07) is 2.61. The molecule has 0 aliphatic heterocycles. The van der Waals surface area contributed by atoms with Crippen molar-refractivity contribution in [2.24, 2.45) is 40.4 Å². The summed E-state index contributed by atoms with van der Waals surface area (Å²) in [5, 5.41) is 9.64. The SMILES string of the molecule is C=C1C(=C)[C@@]2(C)C(=CC1=O)[C@@H](C)C[C@@H]1[C@@H]2CC[C@]2(C)[C@@H](C#N)CC[C@@H]12. The van der Waals surface area contributed by atoms with E-state index in [1.807, 2.05) is 6.08 Å². The number of carbonyl (C=O) groups excluding carboxylic acids is 1. The Balaban J connectivity index is 1.80. The van der Waals surface area contributed by atoms with Crippen LogP contribution < -0.4 is 0 Å². The number of carbonyl (C=O) groups is 1. The molecule has 0 amide bonds. The third kappa shape index (κ3) is 1.93. The fraction of sp³-hybridized carbons (Fsp3) is 0.652. The van der Waals surface area contributed by atoms with E-state index in [4.69, 9.17) is 0 Å². The summed E-state index contributed by atoms with van der Waals surface area (Å²) in [6.45, 7) is 15.3. The van der Waals surface area contributed by atoms with Gasteiger partial charge in [0.15, 0.2) is 5.78 Å². The van der Waals surface area contributed by atoms with Gasteiger partial charge in [-0.05, 0) is 72.8 Å². The van der Waals surface area contributed by atoms with Gasteiger partial charge in [-0.2, -0.15) is 5.26 Å². The largest absolute Gasteiger partial charge is 0.289 e. The maximum atomic E-state index is 12.3. The lowest BCUT2D eigenvalue weighted by molar-refractivity contribution is -0.112. The van der Waals surface area contributed by atoms with Crippen LogP contribution in [-0.2, 0) is 4.79 Å². The highest BCUT2D eigenvalue weighted by atomic mass is 16.1. The summed E-state index contributed by atoms with van der Waals surface area (Å²) in [6.07, 6.45) is 7.53. The zero-order valence-corrected chi connectivity index (χ0v) is 15.8. The van der Waals surface area contributed by atoms with Gasteiger partial charge in [-0.15, -0.1) is 0 Å². The molecule has 4 aliphatic rings. The van der Waals surface area contributed by atoms with Gasteiger partial charge in [0, 0.05) is 11.0 Å². The molecule has 4 rings (SSSR count). The Morgan fingerprint density at radius 2 is 1.92 bits per heavy atom. The maximum absolute atomic E-state index is 12.3. The fourth-order valence-corrected chi connectivity index (χ4v) is 7.19. The normalized spacial score (nSPS) is 49.0. The Hall–Kier alpha value is -1.62. The van der Waals surface area contributed by atoms with Crippen molar-refractivity contribution in [3.05, 3.63) is 36.0 Å². The molecule has 0 spiro atoms. The molecule has 4 aliphatic carbocycles. The summed E-state index contributed by atoms with van der Waals surface area (Å²) in [5.41, 5.74) is 2.90. The number of rotatable bonds is 0. The topological polar surface area (TPSA) is 40.9 Å². The first-order valence-corrected chi connectivity index (χ1v) is 9.79. The molecule has 2 nitrogen and oxygen atoms in total. The van der Waals surface area contributed by atoms with Crippen molar-refractivity contribution < 1.29 is 4.79 Å². The molecule has 0 radical (unpaired) electrons. The summed E-state index contributed by atoms with van der Waals surface area (Å²) in [7, 11) is 0. The summed E-state index contributed by atoms with van der Waals surface area (Å²) in [5.74, 6) is 2.47. The first-order valence-electron chi connectivity index (χ1n) is 9.79. The first-order chi connectivity index (χ1) is 11.7. The molecule has 0 aromatic carbocycles. The number of allylic oxidation sites excluding steroid dienone is 3. The number of nitriles is 1. The molecule has 0 aromatic heterocycles.